The highest BCUT2D eigenvalue weighted by Gasteiger charge is 2.10. The molecule has 0 aliphatic heterocycles. The summed E-state index contributed by atoms with van der Waals surface area (Å²) in [6.07, 6.45) is 4.01. The van der Waals surface area contributed by atoms with Gasteiger partial charge in [0.2, 0.25) is 0 Å². The first-order chi connectivity index (χ1) is 9.49. The Labute approximate surface area is 122 Å². The van der Waals surface area contributed by atoms with Crippen LogP contribution in [0, 0.1) is 0 Å². The van der Waals surface area contributed by atoms with Gasteiger partial charge in [-0.25, -0.2) is 4.79 Å². The van der Waals surface area contributed by atoms with E-state index in [-0.39, 0.29) is 12.1 Å². The zero-order chi connectivity index (χ0) is 15.0. The molecule has 110 valence electrons. The van der Waals surface area contributed by atoms with Gasteiger partial charge in [0.05, 0.1) is 0 Å². The molecule has 4 heteroatoms. The Morgan fingerprint density at radius 1 is 1.25 bits per heavy atom. The van der Waals surface area contributed by atoms with Crippen LogP contribution in [0.4, 0.5) is 4.79 Å². The molecule has 0 saturated carbocycles. The van der Waals surface area contributed by atoms with Crippen molar-refractivity contribution in [1.82, 2.24) is 15.1 Å². The molecule has 4 nitrogen and oxygen atoms in total. The summed E-state index contributed by atoms with van der Waals surface area (Å²) < 4.78 is 0. The first-order valence-electron chi connectivity index (χ1n) is 6.87. The highest BCUT2D eigenvalue weighted by Crippen LogP contribution is 2.01. The summed E-state index contributed by atoms with van der Waals surface area (Å²) in [5, 5.41) is 2.97. The molecule has 20 heavy (non-hydrogen) atoms. The molecule has 1 aromatic rings. The number of urea groups is 1. The smallest absolute Gasteiger partial charge is 0.317 e. The van der Waals surface area contributed by atoms with Crippen LogP contribution in [-0.4, -0.2) is 56.1 Å². The van der Waals surface area contributed by atoms with Gasteiger partial charge in [-0.2, -0.15) is 0 Å². The molecule has 0 saturated heterocycles. The summed E-state index contributed by atoms with van der Waals surface area (Å²) in [7, 11) is 5.79. The molecule has 1 rings (SSSR count). The molecule has 0 bridgehead atoms. The van der Waals surface area contributed by atoms with Gasteiger partial charge in [-0.1, -0.05) is 42.5 Å². The number of nitrogens with one attached hydrogen (secondary N) is 1. The Hall–Kier alpha value is -1.81. The summed E-state index contributed by atoms with van der Waals surface area (Å²) in [6, 6.07) is 10.2. The molecule has 1 atom stereocenters. The zero-order valence-electron chi connectivity index (χ0n) is 12.8. The SMILES string of the molecule is C[C@@H](CN(C)C)NC(=O)N(C)C/C=C/c1ccccc1. The Kier molecular flexibility index (Phi) is 6.81. The summed E-state index contributed by atoms with van der Waals surface area (Å²) in [4.78, 5) is 15.7. The largest absolute Gasteiger partial charge is 0.334 e. The molecule has 0 aliphatic rings. The molecule has 1 aromatic carbocycles. The predicted octanol–water partition coefficient (Wildman–Crippen LogP) is 2.29. The number of likely N-dealkylation sites (N-methyl/N-ethyl adjacent to an activating group) is 2. The van der Waals surface area contributed by atoms with Crippen molar-refractivity contribution >= 4 is 12.1 Å². The molecule has 0 heterocycles. The second-order valence-corrected chi connectivity index (χ2v) is 5.31. The van der Waals surface area contributed by atoms with Crippen LogP contribution in [0.2, 0.25) is 0 Å². The van der Waals surface area contributed by atoms with E-state index in [1.165, 1.54) is 0 Å². The third kappa shape index (κ3) is 6.38. The van der Waals surface area contributed by atoms with E-state index in [2.05, 4.69) is 10.2 Å². The molecule has 0 spiro atoms. The van der Waals surface area contributed by atoms with Crippen LogP contribution in [0.3, 0.4) is 0 Å². The number of carbonyl (C=O) groups excluding carboxylic acids is 1. The number of nitrogens with zero attached hydrogens (tertiary/aromatic N) is 2. The van der Waals surface area contributed by atoms with Crippen LogP contribution >= 0.6 is 0 Å². The van der Waals surface area contributed by atoms with Gasteiger partial charge in [0.15, 0.2) is 0 Å². The minimum absolute atomic E-state index is 0.0444. The fourth-order valence-corrected chi connectivity index (χ4v) is 1.91. The van der Waals surface area contributed by atoms with Crippen LogP contribution in [-0.2, 0) is 0 Å². The Balaban J connectivity index is 2.36. The number of hydrogen-bond donors (Lipinski definition) is 1. The van der Waals surface area contributed by atoms with Crippen molar-refractivity contribution in [3.63, 3.8) is 0 Å². The molecule has 0 fully saturated rings. The maximum atomic E-state index is 11.9. The Morgan fingerprint density at radius 3 is 2.50 bits per heavy atom. The lowest BCUT2D eigenvalue weighted by Gasteiger charge is -2.22. The molecule has 0 unspecified atom stereocenters. The van der Waals surface area contributed by atoms with Gasteiger partial charge in [-0.3, -0.25) is 0 Å². The van der Waals surface area contributed by atoms with E-state index < -0.39 is 0 Å². The van der Waals surface area contributed by atoms with Crippen LogP contribution in [0.1, 0.15) is 12.5 Å². The topological polar surface area (TPSA) is 35.6 Å². The quantitative estimate of drug-likeness (QED) is 0.864. The number of carbonyl (C=O) groups is 1. The molecule has 0 aromatic heterocycles. The Morgan fingerprint density at radius 2 is 1.90 bits per heavy atom. The van der Waals surface area contributed by atoms with Gasteiger partial charge >= 0.3 is 6.03 Å². The Bertz CT molecular complexity index is 429. The highest BCUT2D eigenvalue weighted by atomic mass is 16.2. The minimum atomic E-state index is -0.0444. The van der Waals surface area contributed by atoms with E-state index >= 15 is 0 Å². The lowest BCUT2D eigenvalue weighted by molar-refractivity contribution is 0.206. The van der Waals surface area contributed by atoms with Crippen LogP contribution in [0.5, 0.6) is 0 Å². The number of hydrogen-bond acceptors (Lipinski definition) is 2. The van der Waals surface area contributed by atoms with Gasteiger partial charge < -0.3 is 15.1 Å². The fraction of sp³-hybridized carbons (Fsp3) is 0.438. The van der Waals surface area contributed by atoms with Gasteiger partial charge in [0, 0.05) is 26.2 Å². The molecule has 1 N–H and O–H groups in total. The van der Waals surface area contributed by atoms with E-state index in [1.54, 1.807) is 11.9 Å². The number of benzene rings is 1. The lowest BCUT2D eigenvalue weighted by Crippen LogP contribution is -2.45. The predicted molar refractivity (Wildman–Crippen MR) is 84.7 cm³/mol. The minimum Gasteiger partial charge on any atom is -0.334 e. The van der Waals surface area contributed by atoms with Crippen molar-refractivity contribution in [2.75, 3.05) is 34.2 Å². The average Bonchev–Trinajstić information content (AvgIpc) is 2.38. The summed E-state index contributed by atoms with van der Waals surface area (Å²) in [5.41, 5.74) is 1.14. The maximum Gasteiger partial charge on any atom is 0.317 e. The van der Waals surface area contributed by atoms with Gasteiger partial charge in [0.1, 0.15) is 0 Å². The van der Waals surface area contributed by atoms with Gasteiger partial charge in [-0.05, 0) is 26.6 Å². The maximum absolute atomic E-state index is 11.9. The van der Waals surface area contributed by atoms with Crippen molar-refractivity contribution in [1.29, 1.82) is 0 Å². The second kappa shape index (κ2) is 8.38. The summed E-state index contributed by atoms with van der Waals surface area (Å²) >= 11 is 0. The van der Waals surface area contributed by atoms with E-state index in [4.69, 9.17) is 0 Å². The van der Waals surface area contributed by atoms with Crippen molar-refractivity contribution in [2.24, 2.45) is 0 Å². The highest BCUT2D eigenvalue weighted by molar-refractivity contribution is 5.74. The van der Waals surface area contributed by atoms with Crippen molar-refractivity contribution in [2.45, 2.75) is 13.0 Å². The summed E-state index contributed by atoms with van der Waals surface area (Å²) in [5.74, 6) is 0. The molecular weight excluding hydrogens is 250 g/mol. The van der Waals surface area contributed by atoms with Crippen molar-refractivity contribution < 1.29 is 4.79 Å². The third-order valence-electron chi connectivity index (χ3n) is 2.84. The van der Waals surface area contributed by atoms with E-state index in [0.29, 0.717) is 6.54 Å². The van der Waals surface area contributed by atoms with Crippen LogP contribution < -0.4 is 5.32 Å². The second-order valence-electron chi connectivity index (χ2n) is 5.31. The monoisotopic (exact) mass is 275 g/mol. The van der Waals surface area contributed by atoms with Gasteiger partial charge in [-0.15, -0.1) is 0 Å². The summed E-state index contributed by atoms with van der Waals surface area (Å²) in [6.45, 7) is 3.43. The van der Waals surface area contributed by atoms with Crippen molar-refractivity contribution in [3.8, 4) is 0 Å². The normalized spacial score (nSPS) is 12.7. The molecule has 0 radical (unpaired) electrons. The third-order valence-corrected chi connectivity index (χ3v) is 2.84. The standard InChI is InChI=1S/C16H25N3O/c1-14(13-18(2)3)17-16(20)19(4)12-8-11-15-9-6-5-7-10-15/h5-11,14H,12-13H2,1-4H3,(H,17,20)/b11-8+/t14-/m0/s1. The first kappa shape index (κ1) is 16.2. The molecular formula is C16H25N3O. The van der Waals surface area contributed by atoms with Crippen LogP contribution in [0.15, 0.2) is 36.4 Å². The lowest BCUT2D eigenvalue weighted by atomic mass is 10.2. The van der Waals surface area contributed by atoms with Crippen LogP contribution in [0.25, 0.3) is 6.08 Å². The number of rotatable bonds is 6. The molecule has 0 aliphatic carbocycles. The first-order valence-corrected chi connectivity index (χ1v) is 6.87. The fourth-order valence-electron chi connectivity index (χ4n) is 1.91. The average molecular weight is 275 g/mol. The van der Waals surface area contributed by atoms with E-state index in [1.807, 2.05) is 63.5 Å². The number of amides is 2. The van der Waals surface area contributed by atoms with Crippen molar-refractivity contribution in [3.05, 3.63) is 42.0 Å². The van der Waals surface area contributed by atoms with E-state index in [0.717, 1.165) is 12.1 Å². The zero-order valence-corrected chi connectivity index (χ0v) is 12.8. The van der Waals surface area contributed by atoms with Gasteiger partial charge in [0.25, 0.3) is 0 Å². The molecule has 2 amide bonds. The van der Waals surface area contributed by atoms with E-state index in [9.17, 15) is 4.79 Å².